The standard InChI is InChI=1S/C31H42/c1-3-5-7-8-9-11-27-18-22-30(23-19-27)31-24-20-29(21-25-31)17-16-28-14-12-26(13-15-28)10-6-4-2/h12-15,18-19,22-23,29,31H,3-11,20-21,24-25H2,1-2H3/t29-,31-. The van der Waals surface area contributed by atoms with Gasteiger partial charge in [0.05, 0.1) is 0 Å². The van der Waals surface area contributed by atoms with Gasteiger partial charge < -0.3 is 0 Å². The van der Waals surface area contributed by atoms with Crippen molar-refractivity contribution in [3.05, 3.63) is 70.8 Å². The molecule has 0 aromatic heterocycles. The zero-order valence-electron chi connectivity index (χ0n) is 20.0. The molecule has 1 aliphatic rings. The molecule has 0 aliphatic heterocycles. The number of aryl methyl sites for hydroxylation is 2. The lowest BCUT2D eigenvalue weighted by molar-refractivity contribution is 0.384. The Balaban J connectivity index is 1.42. The van der Waals surface area contributed by atoms with E-state index in [1.165, 1.54) is 100 Å². The summed E-state index contributed by atoms with van der Waals surface area (Å²) in [5, 5.41) is 0. The lowest BCUT2D eigenvalue weighted by Crippen LogP contribution is -2.12. The van der Waals surface area contributed by atoms with E-state index in [-0.39, 0.29) is 0 Å². The van der Waals surface area contributed by atoms with Crippen LogP contribution in [0, 0.1) is 17.8 Å². The summed E-state index contributed by atoms with van der Waals surface area (Å²) >= 11 is 0. The molecule has 3 rings (SSSR count). The number of rotatable bonds is 10. The Bertz CT molecular complexity index is 792. The number of benzene rings is 2. The van der Waals surface area contributed by atoms with Crippen LogP contribution in [0.25, 0.3) is 0 Å². The van der Waals surface area contributed by atoms with Gasteiger partial charge in [0, 0.05) is 11.5 Å². The van der Waals surface area contributed by atoms with Gasteiger partial charge in [-0.3, -0.25) is 0 Å². The van der Waals surface area contributed by atoms with Gasteiger partial charge in [-0.2, -0.15) is 0 Å². The maximum Gasteiger partial charge on any atom is 0.0245 e. The first-order chi connectivity index (χ1) is 15.3. The average molecular weight is 415 g/mol. The summed E-state index contributed by atoms with van der Waals surface area (Å²) in [6, 6.07) is 18.5. The molecule has 0 heterocycles. The molecule has 0 radical (unpaired) electrons. The highest BCUT2D eigenvalue weighted by molar-refractivity contribution is 5.37. The first-order valence-corrected chi connectivity index (χ1v) is 13.0. The third-order valence-electron chi connectivity index (χ3n) is 6.94. The van der Waals surface area contributed by atoms with Gasteiger partial charge in [0.15, 0.2) is 0 Å². The normalized spacial score (nSPS) is 18.4. The van der Waals surface area contributed by atoms with Crippen LogP contribution in [0.1, 0.15) is 113 Å². The first kappa shape index (κ1) is 23.7. The molecular formula is C31H42. The number of hydrogen-bond donors (Lipinski definition) is 0. The zero-order valence-corrected chi connectivity index (χ0v) is 20.0. The zero-order chi connectivity index (χ0) is 21.7. The smallest absolute Gasteiger partial charge is 0.0245 e. The molecule has 0 N–H and O–H groups in total. The molecule has 2 aromatic carbocycles. The van der Waals surface area contributed by atoms with Gasteiger partial charge in [-0.15, -0.1) is 0 Å². The number of hydrogen-bond acceptors (Lipinski definition) is 0. The van der Waals surface area contributed by atoms with E-state index in [0.717, 1.165) is 5.92 Å². The Morgan fingerprint density at radius 1 is 0.645 bits per heavy atom. The minimum absolute atomic E-state index is 0.568. The first-order valence-electron chi connectivity index (χ1n) is 13.0. The van der Waals surface area contributed by atoms with Gasteiger partial charge >= 0.3 is 0 Å². The largest absolute Gasteiger partial charge is 0.0945 e. The van der Waals surface area contributed by atoms with E-state index < -0.39 is 0 Å². The lowest BCUT2D eigenvalue weighted by Gasteiger charge is -2.26. The molecule has 1 fully saturated rings. The minimum atomic E-state index is 0.568. The van der Waals surface area contributed by atoms with E-state index >= 15 is 0 Å². The van der Waals surface area contributed by atoms with E-state index in [2.05, 4.69) is 74.2 Å². The topological polar surface area (TPSA) is 0 Å². The minimum Gasteiger partial charge on any atom is -0.0945 e. The van der Waals surface area contributed by atoms with Crippen molar-refractivity contribution >= 4 is 0 Å². The van der Waals surface area contributed by atoms with Crippen LogP contribution in [0.2, 0.25) is 0 Å². The van der Waals surface area contributed by atoms with Crippen molar-refractivity contribution in [2.45, 2.75) is 103 Å². The van der Waals surface area contributed by atoms with Crippen molar-refractivity contribution in [2.75, 3.05) is 0 Å². The average Bonchev–Trinajstić information content (AvgIpc) is 2.83. The Hall–Kier alpha value is -2.00. The quantitative estimate of drug-likeness (QED) is 0.269. The molecule has 0 nitrogen and oxygen atoms in total. The van der Waals surface area contributed by atoms with Crippen molar-refractivity contribution < 1.29 is 0 Å². The van der Waals surface area contributed by atoms with Crippen molar-refractivity contribution in [3.8, 4) is 11.8 Å². The van der Waals surface area contributed by atoms with Crippen LogP contribution >= 0.6 is 0 Å². The molecule has 0 bridgehead atoms. The van der Waals surface area contributed by atoms with E-state index in [1.807, 2.05) is 0 Å². The Morgan fingerprint density at radius 2 is 1.23 bits per heavy atom. The van der Waals surface area contributed by atoms with E-state index in [0.29, 0.717) is 5.92 Å². The maximum absolute atomic E-state index is 3.57. The third-order valence-corrected chi connectivity index (χ3v) is 6.94. The second kappa shape index (κ2) is 13.4. The van der Waals surface area contributed by atoms with Crippen LogP contribution in [0.5, 0.6) is 0 Å². The van der Waals surface area contributed by atoms with Crippen molar-refractivity contribution in [2.24, 2.45) is 5.92 Å². The van der Waals surface area contributed by atoms with Crippen LogP contribution < -0.4 is 0 Å². The number of unbranched alkanes of at least 4 members (excludes halogenated alkanes) is 5. The summed E-state index contributed by atoms with van der Waals surface area (Å²) in [5.41, 5.74) is 5.67. The third kappa shape index (κ3) is 8.22. The van der Waals surface area contributed by atoms with Crippen molar-refractivity contribution in [1.82, 2.24) is 0 Å². The summed E-state index contributed by atoms with van der Waals surface area (Å²) in [6.07, 6.45) is 16.8. The van der Waals surface area contributed by atoms with E-state index in [4.69, 9.17) is 0 Å². The molecule has 0 atom stereocenters. The molecule has 0 amide bonds. The highest BCUT2D eigenvalue weighted by atomic mass is 14.2. The van der Waals surface area contributed by atoms with Gasteiger partial charge in [0.25, 0.3) is 0 Å². The molecule has 166 valence electrons. The SMILES string of the molecule is CCCCCCCc1ccc([C@H]2CC[C@H](C#Cc3ccc(CCCC)cc3)CC2)cc1. The highest BCUT2D eigenvalue weighted by Crippen LogP contribution is 2.35. The lowest BCUT2D eigenvalue weighted by atomic mass is 9.78. The van der Waals surface area contributed by atoms with Gasteiger partial charge in [-0.1, -0.05) is 94.2 Å². The van der Waals surface area contributed by atoms with Crippen molar-refractivity contribution in [3.63, 3.8) is 0 Å². The summed E-state index contributed by atoms with van der Waals surface area (Å²) in [7, 11) is 0. The van der Waals surface area contributed by atoms with E-state index in [1.54, 1.807) is 5.56 Å². The van der Waals surface area contributed by atoms with Gasteiger partial charge in [0.1, 0.15) is 0 Å². The molecule has 0 heteroatoms. The molecular weight excluding hydrogens is 372 g/mol. The highest BCUT2D eigenvalue weighted by Gasteiger charge is 2.21. The molecule has 1 aliphatic carbocycles. The molecule has 0 spiro atoms. The monoisotopic (exact) mass is 414 g/mol. The molecule has 2 aromatic rings. The summed E-state index contributed by atoms with van der Waals surface area (Å²) in [4.78, 5) is 0. The van der Waals surface area contributed by atoms with Gasteiger partial charge in [-0.05, 0) is 86.1 Å². The predicted molar refractivity (Wildman–Crippen MR) is 136 cm³/mol. The summed E-state index contributed by atoms with van der Waals surface area (Å²) < 4.78 is 0. The fraction of sp³-hybridized carbons (Fsp3) is 0.548. The van der Waals surface area contributed by atoms with Crippen LogP contribution in [0.15, 0.2) is 48.5 Å². The summed E-state index contributed by atoms with van der Waals surface area (Å²) in [6.45, 7) is 4.53. The second-order valence-corrected chi connectivity index (χ2v) is 9.52. The molecule has 0 unspecified atom stereocenters. The van der Waals surface area contributed by atoms with Gasteiger partial charge in [0.2, 0.25) is 0 Å². The van der Waals surface area contributed by atoms with Crippen molar-refractivity contribution in [1.29, 1.82) is 0 Å². The molecule has 1 saturated carbocycles. The molecule has 31 heavy (non-hydrogen) atoms. The van der Waals surface area contributed by atoms with Crippen LogP contribution in [0.4, 0.5) is 0 Å². The molecule has 0 saturated heterocycles. The predicted octanol–water partition coefficient (Wildman–Crippen LogP) is 8.87. The Labute approximate surface area is 191 Å². The van der Waals surface area contributed by atoms with Gasteiger partial charge in [-0.25, -0.2) is 0 Å². The maximum atomic E-state index is 3.57. The Kier molecular flexibility index (Phi) is 10.2. The Morgan fingerprint density at radius 3 is 1.87 bits per heavy atom. The fourth-order valence-electron chi connectivity index (χ4n) is 4.78. The fourth-order valence-corrected chi connectivity index (χ4v) is 4.78. The van der Waals surface area contributed by atoms with Crippen LogP contribution in [-0.2, 0) is 12.8 Å². The van der Waals surface area contributed by atoms with Crippen LogP contribution in [-0.4, -0.2) is 0 Å². The summed E-state index contributed by atoms with van der Waals surface area (Å²) in [5.74, 6) is 8.31. The second-order valence-electron chi connectivity index (χ2n) is 9.52. The van der Waals surface area contributed by atoms with Crippen LogP contribution in [0.3, 0.4) is 0 Å². The van der Waals surface area contributed by atoms with E-state index in [9.17, 15) is 0 Å².